The standard InChI is InChI=1S/C2H5N2O2PS2/c1-4(2(5)6)9-3-7-8/h1H3,(H,3,8)(H,5,6)/p+1. The van der Waals surface area contributed by atoms with Crippen molar-refractivity contribution in [2.75, 3.05) is 7.05 Å². The third-order valence-electron chi connectivity index (χ3n) is 0.494. The minimum Gasteiger partial charge on any atom is -0.464 e. The van der Waals surface area contributed by atoms with E-state index in [2.05, 4.69) is 16.3 Å². The molecule has 7 heteroatoms. The Hall–Kier alpha value is 0.1000. The van der Waals surface area contributed by atoms with E-state index in [0.29, 0.717) is 0 Å². The number of rotatable bonds is 3. The predicted octanol–water partition coefficient (Wildman–Crippen LogP) is 0.804. The molecule has 4 nitrogen and oxygen atoms in total. The van der Waals surface area contributed by atoms with E-state index in [9.17, 15) is 4.79 Å². The average Bonchev–Trinajstić information content (AvgIpc) is 1.82. The Morgan fingerprint density at radius 3 is 2.89 bits per heavy atom. The average molecular weight is 185 g/mol. The van der Waals surface area contributed by atoms with Gasteiger partial charge in [-0.25, -0.2) is 9.10 Å². The highest BCUT2D eigenvalue weighted by Gasteiger charge is 2.05. The van der Waals surface area contributed by atoms with Crippen LogP contribution in [0.25, 0.3) is 0 Å². The molecule has 0 bridgehead atoms. The summed E-state index contributed by atoms with van der Waals surface area (Å²) >= 11 is 5.51. The molecule has 0 aliphatic rings. The van der Waals surface area contributed by atoms with Gasteiger partial charge in [-0.3, -0.25) is 0 Å². The molecular weight excluding hydrogens is 179 g/mol. The maximum atomic E-state index is 10.0. The summed E-state index contributed by atoms with van der Waals surface area (Å²) in [5.74, 6) is 0. The van der Waals surface area contributed by atoms with Crippen LogP contribution in [0.1, 0.15) is 0 Å². The van der Waals surface area contributed by atoms with Crippen molar-refractivity contribution in [1.82, 2.24) is 8.80 Å². The van der Waals surface area contributed by atoms with Crippen LogP contribution in [0.3, 0.4) is 0 Å². The monoisotopic (exact) mass is 185 g/mol. The van der Waals surface area contributed by atoms with Gasteiger partial charge in [0.15, 0.2) is 11.8 Å². The zero-order valence-corrected chi connectivity index (χ0v) is 7.25. The molecule has 1 atom stereocenters. The molecule has 1 amide bonds. The molecule has 0 saturated heterocycles. The van der Waals surface area contributed by atoms with Gasteiger partial charge in [0.1, 0.15) is 0 Å². The zero-order chi connectivity index (χ0) is 7.28. The largest absolute Gasteiger partial charge is 0.464 e. The van der Waals surface area contributed by atoms with E-state index in [1.165, 1.54) is 7.05 Å². The van der Waals surface area contributed by atoms with Crippen molar-refractivity contribution in [3.05, 3.63) is 0 Å². The normalized spacial score (nSPS) is 9.44. The zero-order valence-electron chi connectivity index (χ0n) is 4.62. The first-order chi connectivity index (χ1) is 4.18. The molecule has 0 spiro atoms. The number of hydrogen-bond acceptors (Lipinski definition) is 3. The highest BCUT2D eigenvalue weighted by atomic mass is 32.4. The Kier molecular flexibility index (Phi) is 4.99. The van der Waals surface area contributed by atoms with Crippen LogP contribution in [0.4, 0.5) is 4.79 Å². The lowest BCUT2D eigenvalue weighted by Gasteiger charge is -2.04. The lowest BCUT2D eigenvalue weighted by molar-refractivity contribution is 0.181. The minimum atomic E-state index is -0.985. The first-order valence-electron chi connectivity index (χ1n) is 1.94. The fourth-order valence-electron chi connectivity index (χ4n) is 0.126. The molecule has 1 unspecified atom stereocenters. The van der Waals surface area contributed by atoms with Gasteiger partial charge in [0.05, 0.1) is 12.1 Å². The Balaban J connectivity index is 3.37. The summed E-state index contributed by atoms with van der Waals surface area (Å²) in [4.78, 5) is 10.0. The van der Waals surface area contributed by atoms with E-state index < -0.39 is 6.09 Å². The third kappa shape index (κ3) is 4.59. The molecule has 9 heavy (non-hydrogen) atoms. The van der Waals surface area contributed by atoms with Crippen molar-refractivity contribution in [1.29, 1.82) is 0 Å². The van der Waals surface area contributed by atoms with E-state index in [0.717, 1.165) is 16.4 Å². The van der Waals surface area contributed by atoms with Gasteiger partial charge in [-0.15, -0.1) is 0 Å². The van der Waals surface area contributed by atoms with Crippen LogP contribution in [0.5, 0.6) is 0 Å². The van der Waals surface area contributed by atoms with Crippen LogP contribution in [-0.4, -0.2) is 22.6 Å². The molecule has 0 aromatic rings. The fraction of sp³-hybridized carbons (Fsp3) is 0.500. The second-order valence-corrected chi connectivity index (χ2v) is 3.44. The number of amides is 1. The Morgan fingerprint density at radius 2 is 2.56 bits per heavy atom. The lowest BCUT2D eigenvalue weighted by atomic mass is 11.1. The van der Waals surface area contributed by atoms with Crippen LogP contribution in [0.2, 0.25) is 0 Å². The van der Waals surface area contributed by atoms with Crippen LogP contribution in [0, 0.1) is 0 Å². The van der Waals surface area contributed by atoms with Gasteiger partial charge >= 0.3 is 6.09 Å². The molecule has 0 rings (SSSR count). The van der Waals surface area contributed by atoms with Crippen molar-refractivity contribution < 1.29 is 9.90 Å². The third-order valence-corrected chi connectivity index (χ3v) is 2.37. The topological polar surface area (TPSA) is 52.6 Å². The number of nitrogens with one attached hydrogen (secondary N) is 1. The summed E-state index contributed by atoms with van der Waals surface area (Å²) < 4.78 is 3.67. The van der Waals surface area contributed by atoms with Crippen molar-refractivity contribution in [2.45, 2.75) is 0 Å². The van der Waals surface area contributed by atoms with Gasteiger partial charge < -0.3 is 5.11 Å². The van der Waals surface area contributed by atoms with Crippen molar-refractivity contribution in [3.8, 4) is 0 Å². The molecular formula is C2H6N2O2PS2+. The Labute approximate surface area is 63.8 Å². The summed E-state index contributed by atoms with van der Waals surface area (Å²) in [7, 11) is 1.57. The van der Waals surface area contributed by atoms with Crippen molar-refractivity contribution >= 4 is 37.5 Å². The second kappa shape index (κ2) is 4.93. The van der Waals surface area contributed by atoms with Crippen molar-refractivity contribution in [2.24, 2.45) is 0 Å². The first-order valence-corrected chi connectivity index (χ1v) is 4.85. The highest BCUT2D eigenvalue weighted by Crippen LogP contribution is 2.04. The maximum Gasteiger partial charge on any atom is 0.418 e. The minimum absolute atomic E-state index is 0.135. The number of nitrogens with zero attached hydrogens (tertiary/aromatic N) is 1. The van der Waals surface area contributed by atoms with E-state index >= 15 is 0 Å². The van der Waals surface area contributed by atoms with E-state index in [-0.39, 0.29) is 7.51 Å². The smallest absolute Gasteiger partial charge is 0.418 e. The summed E-state index contributed by atoms with van der Waals surface area (Å²) in [6.45, 7) is 0. The molecule has 2 N–H and O–H groups in total. The highest BCUT2D eigenvalue weighted by molar-refractivity contribution is 8.06. The summed E-state index contributed by atoms with van der Waals surface area (Å²) in [5.41, 5.74) is 0. The number of carboxylic acid groups (broad SMARTS) is 1. The molecule has 0 aliphatic heterocycles. The van der Waals surface area contributed by atoms with E-state index in [1.807, 2.05) is 0 Å². The fourth-order valence-corrected chi connectivity index (χ4v) is 1.24. The predicted molar refractivity (Wildman–Crippen MR) is 42.2 cm³/mol. The van der Waals surface area contributed by atoms with Crippen LogP contribution >= 0.6 is 19.6 Å². The molecule has 0 heterocycles. The Bertz CT molecular complexity index is 121. The van der Waals surface area contributed by atoms with Gasteiger partial charge in [-0.2, -0.15) is 0 Å². The van der Waals surface area contributed by atoms with Gasteiger partial charge in [-0.05, 0) is 0 Å². The Morgan fingerprint density at radius 1 is 2.00 bits per heavy atom. The van der Waals surface area contributed by atoms with E-state index in [4.69, 9.17) is 5.11 Å². The molecule has 0 aromatic heterocycles. The lowest BCUT2D eigenvalue weighted by Crippen LogP contribution is -2.18. The van der Waals surface area contributed by atoms with Gasteiger partial charge in [0, 0.05) is 7.05 Å². The van der Waals surface area contributed by atoms with Gasteiger partial charge in [0.2, 0.25) is 0 Å². The first kappa shape index (κ1) is 9.10. The number of hydrogen-bond donors (Lipinski definition) is 2. The maximum absolute atomic E-state index is 10.0. The molecule has 0 aromatic carbocycles. The molecule has 0 saturated carbocycles. The van der Waals surface area contributed by atoms with Gasteiger partial charge in [-0.1, -0.05) is 4.49 Å². The van der Waals surface area contributed by atoms with E-state index in [1.54, 1.807) is 0 Å². The quantitative estimate of drug-likeness (QED) is 0.503. The number of carbonyl (C=O) groups is 1. The van der Waals surface area contributed by atoms with Crippen molar-refractivity contribution in [3.63, 3.8) is 0 Å². The second-order valence-electron chi connectivity index (χ2n) is 1.08. The van der Waals surface area contributed by atoms with Crippen LogP contribution in [0.15, 0.2) is 0 Å². The molecule has 0 radical (unpaired) electrons. The van der Waals surface area contributed by atoms with Crippen LogP contribution in [-0.2, 0) is 11.8 Å². The van der Waals surface area contributed by atoms with Crippen LogP contribution < -0.4 is 4.49 Å². The molecule has 0 fully saturated rings. The summed E-state index contributed by atoms with van der Waals surface area (Å²) in [6, 6.07) is 0. The summed E-state index contributed by atoms with van der Waals surface area (Å²) in [6.07, 6.45) is -0.985. The summed E-state index contributed by atoms with van der Waals surface area (Å²) in [5, 5.41) is 8.24. The molecule has 52 valence electrons. The SMILES string of the molecule is CN(SN[PH+]=S)C(=O)O. The van der Waals surface area contributed by atoms with Gasteiger partial charge in [0.25, 0.3) is 7.51 Å². The molecule has 0 aliphatic carbocycles.